The molecule has 1 aliphatic rings. The van der Waals surface area contributed by atoms with Crippen molar-refractivity contribution in [1.29, 1.82) is 0 Å². The predicted molar refractivity (Wildman–Crippen MR) is 110 cm³/mol. The zero-order valence-electron chi connectivity index (χ0n) is 14.6. The molecule has 0 unspecified atom stereocenters. The number of benzene rings is 3. The van der Waals surface area contributed by atoms with Crippen molar-refractivity contribution in [3.63, 3.8) is 0 Å². The maximum absolute atomic E-state index is 12.9. The fraction of sp³-hybridized carbons (Fsp3) is 0. The highest BCUT2D eigenvalue weighted by Gasteiger charge is 2.26. The maximum atomic E-state index is 12.9. The summed E-state index contributed by atoms with van der Waals surface area (Å²) >= 11 is 1.62. The molecule has 2 N–H and O–H groups in total. The Hall–Kier alpha value is -3.58. The van der Waals surface area contributed by atoms with Crippen LogP contribution in [0.1, 0.15) is 5.56 Å². The highest BCUT2D eigenvalue weighted by Crippen LogP contribution is 2.47. The van der Waals surface area contributed by atoms with Gasteiger partial charge in [0.1, 0.15) is 17.7 Å². The van der Waals surface area contributed by atoms with E-state index in [1.54, 1.807) is 16.7 Å². The lowest BCUT2D eigenvalue weighted by Gasteiger charge is -2.29. The highest BCUT2D eigenvalue weighted by molar-refractivity contribution is 7.99. The molecule has 0 radical (unpaired) electrons. The second kappa shape index (κ2) is 7.58. The Bertz CT molecular complexity index is 1070. The smallest absolute Gasteiger partial charge is 0.275 e. The molecule has 1 heterocycles. The van der Waals surface area contributed by atoms with Gasteiger partial charge in [-0.3, -0.25) is 9.69 Å². The first-order chi connectivity index (χ1) is 13.6. The molecule has 0 atom stereocenters. The summed E-state index contributed by atoms with van der Waals surface area (Å²) in [6.45, 7) is 0. The first kappa shape index (κ1) is 17.8. The van der Waals surface area contributed by atoms with Crippen LogP contribution in [0.15, 0.2) is 86.7 Å². The summed E-state index contributed by atoms with van der Waals surface area (Å²) in [4.78, 5) is 16.4. The van der Waals surface area contributed by atoms with E-state index in [1.165, 1.54) is 24.4 Å². The molecule has 0 spiro atoms. The lowest BCUT2D eigenvalue weighted by atomic mass is 10.2. The lowest BCUT2D eigenvalue weighted by molar-refractivity contribution is -0.111. The highest BCUT2D eigenvalue weighted by atomic mass is 32.2. The summed E-state index contributed by atoms with van der Waals surface area (Å²) in [5.74, 6) is -0.498. The zero-order chi connectivity index (χ0) is 19.5. The Labute approximate surface area is 165 Å². The van der Waals surface area contributed by atoms with Crippen molar-refractivity contribution >= 4 is 41.5 Å². The third-order valence-electron chi connectivity index (χ3n) is 4.10. The van der Waals surface area contributed by atoms with Gasteiger partial charge >= 0.3 is 0 Å². The number of carbonyl (C=O) groups excluding carboxylic acids is 1. The summed E-state index contributed by atoms with van der Waals surface area (Å²) in [5, 5.41) is 26.7. The number of amides is 1. The first-order valence-corrected chi connectivity index (χ1v) is 9.23. The fourth-order valence-corrected chi connectivity index (χ4v) is 3.88. The molecule has 4 rings (SSSR count). The van der Waals surface area contributed by atoms with Crippen molar-refractivity contribution in [3.8, 4) is 11.5 Å². The summed E-state index contributed by atoms with van der Waals surface area (Å²) in [5.41, 5.74) is 1.97. The van der Waals surface area contributed by atoms with E-state index in [-0.39, 0.29) is 17.4 Å². The Morgan fingerprint density at radius 3 is 2.18 bits per heavy atom. The largest absolute Gasteiger partial charge is 0.508 e. The van der Waals surface area contributed by atoms with Crippen LogP contribution < -0.4 is 4.90 Å². The van der Waals surface area contributed by atoms with Gasteiger partial charge in [0, 0.05) is 21.4 Å². The number of fused-ring (bicyclic) bond motifs is 2. The van der Waals surface area contributed by atoms with Gasteiger partial charge in [0.05, 0.1) is 17.6 Å². The second-order valence-electron chi connectivity index (χ2n) is 5.94. The molecule has 1 amide bonds. The van der Waals surface area contributed by atoms with Gasteiger partial charge in [-0.2, -0.15) is 10.2 Å². The van der Waals surface area contributed by atoms with E-state index < -0.39 is 0 Å². The minimum atomic E-state index is -0.327. The maximum Gasteiger partial charge on any atom is 0.275 e. The van der Waals surface area contributed by atoms with Crippen LogP contribution in [-0.2, 0) is 4.79 Å². The van der Waals surface area contributed by atoms with Crippen LogP contribution in [-0.4, -0.2) is 28.5 Å². The van der Waals surface area contributed by atoms with Crippen molar-refractivity contribution < 1.29 is 15.0 Å². The monoisotopic (exact) mass is 389 g/mol. The number of nitrogens with zero attached hydrogens (tertiary/aromatic N) is 3. The van der Waals surface area contributed by atoms with E-state index in [2.05, 4.69) is 10.2 Å². The lowest BCUT2D eigenvalue weighted by Crippen LogP contribution is -2.29. The number of rotatable bonds is 3. The van der Waals surface area contributed by atoms with E-state index >= 15 is 0 Å². The summed E-state index contributed by atoms with van der Waals surface area (Å²) in [7, 11) is 0. The van der Waals surface area contributed by atoms with Crippen LogP contribution in [0.4, 0.5) is 11.4 Å². The summed E-state index contributed by atoms with van der Waals surface area (Å²) in [6, 6.07) is 19.5. The van der Waals surface area contributed by atoms with Crippen LogP contribution in [0, 0.1) is 0 Å². The average Bonchev–Trinajstić information content (AvgIpc) is 2.70. The molecule has 0 aromatic heterocycles. The van der Waals surface area contributed by atoms with Crippen LogP contribution in [0.3, 0.4) is 0 Å². The number of anilines is 2. The van der Waals surface area contributed by atoms with Crippen molar-refractivity contribution in [2.45, 2.75) is 9.79 Å². The van der Waals surface area contributed by atoms with Crippen molar-refractivity contribution in [1.82, 2.24) is 0 Å². The van der Waals surface area contributed by atoms with Gasteiger partial charge in [-0.15, -0.1) is 0 Å². The minimum absolute atomic E-state index is 0.0476. The van der Waals surface area contributed by atoms with Crippen molar-refractivity contribution in [3.05, 3.63) is 72.3 Å². The van der Waals surface area contributed by atoms with Crippen LogP contribution >= 0.6 is 11.8 Å². The molecule has 28 heavy (non-hydrogen) atoms. The fourth-order valence-electron chi connectivity index (χ4n) is 2.82. The molecule has 0 saturated heterocycles. The Morgan fingerprint density at radius 1 is 0.893 bits per heavy atom. The van der Waals surface area contributed by atoms with Gasteiger partial charge in [-0.1, -0.05) is 36.0 Å². The van der Waals surface area contributed by atoms with Gasteiger partial charge in [-0.25, -0.2) is 0 Å². The van der Waals surface area contributed by atoms with Crippen molar-refractivity contribution in [2.75, 3.05) is 4.90 Å². The van der Waals surface area contributed by atoms with Crippen LogP contribution in [0.2, 0.25) is 0 Å². The van der Waals surface area contributed by atoms with Gasteiger partial charge in [0.25, 0.3) is 5.91 Å². The molecule has 7 heteroatoms. The van der Waals surface area contributed by atoms with Crippen LogP contribution in [0.5, 0.6) is 11.5 Å². The topological polar surface area (TPSA) is 85.5 Å². The molecular weight excluding hydrogens is 374 g/mol. The summed E-state index contributed by atoms with van der Waals surface area (Å²) < 4.78 is 0. The number of phenolic OH excluding ortho intramolecular Hbond substituents is 2. The third kappa shape index (κ3) is 3.47. The molecule has 3 aromatic carbocycles. The number of aromatic hydroxyl groups is 2. The Morgan fingerprint density at radius 2 is 1.54 bits per heavy atom. The molecule has 3 aromatic rings. The quantitative estimate of drug-likeness (QED) is 0.516. The van der Waals surface area contributed by atoms with E-state index in [1.807, 2.05) is 48.5 Å². The number of hydrogen-bond donors (Lipinski definition) is 2. The second-order valence-corrected chi connectivity index (χ2v) is 7.03. The number of phenols is 2. The minimum Gasteiger partial charge on any atom is -0.508 e. The van der Waals surface area contributed by atoms with Gasteiger partial charge in [0.2, 0.25) is 0 Å². The molecule has 0 saturated carbocycles. The van der Waals surface area contributed by atoms with E-state index in [9.17, 15) is 15.0 Å². The molecule has 6 nitrogen and oxygen atoms in total. The van der Waals surface area contributed by atoms with Gasteiger partial charge in [-0.05, 0) is 36.4 Å². The third-order valence-corrected chi connectivity index (χ3v) is 5.23. The SMILES string of the molecule is O=C(/C=N/N=C/c1ccc(O)cc1O)N1c2ccccc2Sc2ccccc21. The number of hydrogen-bond acceptors (Lipinski definition) is 6. The van der Waals surface area contributed by atoms with E-state index in [0.29, 0.717) is 5.56 Å². The standard InChI is InChI=1S/C21H15N3O3S/c25-15-10-9-14(18(26)11-15)12-22-23-13-21(27)24-16-5-1-3-7-19(16)28-20-8-4-2-6-17(20)24/h1-13,25-26H/b22-12+,23-13+. The van der Waals surface area contributed by atoms with Crippen LogP contribution in [0.25, 0.3) is 0 Å². The molecule has 0 fully saturated rings. The van der Waals surface area contributed by atoms with Gasteiger partial charge in [0.15, 0.2) is 0 Å². The normalized spacial score (nSPS) is 12.9. The Balaban J connectivity index is 1.60. The van der Waals surface area contributed by atoms with Gasteiger partial charge < -0.3 is 10.2 Å². The number of para-hydroxylation sites is 2. The van der Waals surface area contributed by atoms with E-state index in [0.717, 1.165) is 27.4 Å². The molecule has 0 aliphatic carbocycles. The Kier molecular flexibility index (Phi) is 4.82. The van der Waals surface area contributed by atoms with Crippen molar-refractivity contribution in [2.24, 2.45) is 10.2 Å². The molecule has 1 aliphatic heterocycles. The predicted octanol–water partition coefficient (Wildman–Crippen LogP) is 4.33. The zero-order valence-corrected chi connectivity index (χ0v) is 15.4. The molecule has 138 valence electrons. The van der Waals surface area contributed by atoms with E-state index in [4.69, 9.17) is 0 Å². The molecule has 0 bridgehead atoms. The summed E-state index contributed by atoms with van der Waals surface area (Å²) in [6.07, 6.45) is 2.45. The first-order valence-electron chi connectivity index (χ1n) is 8.42. The average molecular weight is 389 g/mol. The molecular formula is C21H15N3O3S. The number of carbonyl (C=O) groups is 1.